The molecule has 0 aliphatic carbocycles. The number of aryl methyl sites for hydroxylation is 1. The van der Waals surface area contributed by atoms with E-state index >= 15 is 0 Å². The average Bonchev–Trinajstić information content (AvgIpc) is 2.50. The van der Waals surface area contributed by atoms with E-state index in [2.05, 4.69) is 46.9 Å². The number of hydrogen-bond donors (Lipinski definition) is 3. The number of aliphatic imine (C=N–C) groups is 1. The van der Waals surface area contributed by atoms with Crippen LogP contribution >= 0.6 is 24.0 Å². The van der Waals surface area contributed by atoms with Crippen LogP contribution in [-0.2, 0) is 4.79 Å². The topological polar surface area (TPSA) is 65.5 Å². The van der Waals surface area contributed by atoms with Crippen molar-refractivity contribution in [1.29, 1.82) is 0 Å². The molecule has 0 fully saturated rings. The van der Waals surface area contributed by atoms with Gasteiger partial charge in [-0.3, -0.25) is 9.79 Å². The van der Waals surface area contributed by atoms with Crippen molar-refractivity contribution in [3.63, 3.8) is 0 Å². The van der Waals surface area contributed by atoms with Crippen LogP contribution < -0.4 is 16.0 Å². The van der Waals surface area contributed by atoms with E-state index < -0.39 is 5.41 Å². The lowest BCUT2D eigenvalue weighted by atomic mass is 9.92. The highest BCUT2D eigenvalue weighted by Gasteiger charge is 2.26. The number of nitrogens with zero attached hydrogens (tertiary/aromatic N) is 1. The number of carbonyl (C=O) groups excluding carboxylic acids is 1. The van der Waals surface area contributed by atoms with Crippen molar-refractivity contribution in [3.8, 4) is 0 Å². The quantitative estimate of drug-likeness (QED) is 0.381. The molecule has 0 saturated heterocycles. The summed E-state index contributed by atoms with van der Waals surface area (Å²) in [5.41, 5.74) is 1.97. The monoisotopic (exact) mass is 432 g/mol. The number of halogens is 1. The summed E-state index contributed by atoms with van der Waals surface area (Å²) in [6.07, 6.45) is 0. The summed E-state index contributed by atoms with van der Waals surface area (Å²) in [5, 5.41) is 9.27. The molecule has 5 nitrogen and oxygen atoms in total. The highest BCUT2D eigenvalue weighted by atomic mass is 127. The van der Waals surface area contributed by atoms with Crippen LogP contribution in [0.2, 0.25) is 0 Å². The Balaban J connectivity index is 0.00000484. The minimum atomic E-state index is -0.502. The Labute approximate surface area is 156 Å². The molecule has 0 heterocycles. The summed E-state index contributed by atoms with van der Waals surface area (Å²) < 4.78 is 0. The molecule has 6 heteroatoms. The highest BCUT2D eigenvalue weighted by molar-refractivity contribution is 14.0. The number of benzene rings is 1. The Morgan fingerprint density at radius 1 is 1.30 bits per heavy atom. The third-order valence-corrected chi connectivity index (χ3v) is 3.77. The van der Waals surface area contributed by atoms with Gasteiger partial charge in [0, 0.05) is 20.6 Å². The largest absolute Gasteiger partial charge is 0.359 e. The first-order valence-electron chi connectivity index (χ1n) is 7.56. The minimum absolute atomic E-state index is 0. The maximum Gasteiger partial charge on any atom is 0.227 e. The Hall–Kier alpha value is -1.31. The second kappa shape index (κ2) is 9.75. The normalized spacial score (nSPS) is 12.9. The average molecular weight is 432 g/mol. The second-order valence-corrected chi connectivity index (χ2v) is 6.11. The standard InChI is InChI=1S/C17H28N4O.HI/c1-12-9-7-8-10-14(12)13(2)21-16(19-6)20-11-17(3,4)15(22)18-5;/h7-10,13H,11H2,1-6H3,(H,18,22)(H2,19,20,21);1H. The first kappa shape index (κ1) is 21.7. The molecule has 0 radical (unpaired) electrons. The number of guanidine groups is 1. The lowest BCUT2D eigenvalue weighted by Gasteiger charge is -2.25. The zero-order valence-electron chi connectivity index (χ0n) is 14.9. The predicted octanol–water partition coefficient (Wildman–Crippen LogP) is 2.61. The molecule has 1 atom stereocenters. The summed E-state index contributed by atoms with van der Waals surface area (Å²) in [5.74, 6) is 0.690. The van der Waals surface area contributed by atoms with Gasteiger partial charge in [-0.05, 0) is 38.8 Å². The molecule has 0 saturated carbocycles. The first-order valence-corrected chi connectivity index (χ1v) is 7.56. The Kier molecular flexibility index (Phi) is 9.19. The maximum absolute atomic E-state index is 11.8. The van der Waals surface area contributed by atoms with Crippen LogP contribution in [-0.4, -0.2) is 32.5 Å². The Bertz CT molecular complexity index is 543. The maximum atomic E-state index is 11.8. The van der Waals surface area contributed by atoms with Gasteiger partial charge in [0.05, 0.1) is 11.5 Å². The van der Waals surface area contributed by atoms with E-state index in [-0.39, 0.29) is 35.9 Å². The number of hydrogen-bond acceptors (Lipinski definition) is 2. The van der Waals surface area contributed by atoms with Crippen molar-refractivity contribution in [3.05, 3.63) is 35.4 Å². The molecule has 1 aromatic carbocycles. The van der Waals surface area contributed by atoms with Crippen LogP contribution in [0.25, 0.3) is 0 Å². The fourth-order valence-electron chi connectivity index (χ4n) is 2.27. The molecule has 1 aromatic rings. The molecule has 0 aliphatic heterocycles. The smallest absolute Gasteiger partial charge is 0.227 e. The third-order valence-electron chi connectivity index (χ3n) is 3.77. The third kappa shape index (κ3) is 6.37. The van der Waals surface area contributed by atoms with E-state index in [0.717, 1.165) is 0 Å². The molecule has 1 rings (SSSR count). The van der Waals surface area contributed by atoms with Crippen LogP contribution in [0.1, 0.15) is 37.9 Å². The fourth-order valence-corrected chi connectivity index (χ4v) is 2.27. The van der Waals surface area contributed by atoms with E-state index in [1.54, 1.807) is 14.1 Å². The molecule has 130 valence electrons. The second-order valence-electron chi connectivity index (χ2n) is 6.11. The molecule has 23 heavy (non-hydrogen) atoms. The van der Waals surface area contributed by atoms with Gasteiger partial charge >= 0.3 is 0 Å². The van der Waals surface area contributed by atoms with Crippen LogP contribution in [0.5, 0.6) is 0 Å². The van der Waals surface area contributed by atoms with E-state index in [9.17, 15) is 4.79 Å². The molecule has 0 spiro atoms. The predicted molar refractivity (Wildman–Crippen MR) is 107 cm³/mol. The van der Waals surface area contributed by atoms with Crippen LogP contribution in [0.3, 0.4) is 0 Å². The van der Waals surface area contributed by atoms with Crippen LogP contribution in [0.4, 0.5) is 0 Å². The number of nitrogens with one attached hydrogen (secondary N) is 3. The number of amides is 1. The van der Waals surface area contributed by atoms with Gasteiger partial charge in [0.1, 0.15) is 0 Å². The van der Waals surface area contributed by atoms with E-state index in [0.29, 0.717) is 12.5 Å². The lowest BCUT2D eigenvalue weighted by molar-refractivity contribution is -0.128. The van der Waals surface area contributed by atoms with E-state index in [1.807, 2.05) is 26.0 Å². The van der Waals surface area contributed by atoms with Crippen molar-refractivity contribution in [2.75, 3.05) is 20.6 Å². The van der Waals surface area contributed by atoms with Gasteiger partial charge in [-0.15, -0.1) is 24.0 Å². The number of carbonyl (C=O) groups is 1. The van der Waals surface area contributed by atoms with Crippen molar-refractivity contribution in [2.24, 2.45) is 10.4 Å². The molecular weight excluding hydrogens is 403 g/mol. The van der Waals surface area contributed by atoms with Gasteiger partial charge in [-0.1, -0.05) is 24.3 Å². The summed E-state index contributed by atoms with van der Waals surface area (Å²) in [6, 6.07) is 8.40. The first-order chi connectivity index (χ1) is 10.3. The Morgan fingerprint density at radius 3 is 2.43 bits per heavy atom. The van der Waals surface area contributed by atoms with E-state index in [1.165, 1.54) is 11.1 Å². The van der Waals surface area contributed by atoms with Gasteiger partial charge in [-0.25, -0.2) is 0 Å². The SMILES string of the molecule is CN=C(NCC(C)(C)C(=O)NC)NC(C)c1ccccc1C.I. The van der Waals surface area contributed by atoms with Gasteiger partial charge in [-0.2, -0.15) is 0 Å². The van der Waals surface area contributed by atoms with Gasteiger partial charge < -0.3 is 16.0 Å². The van der Waals surface area contributed by atoms with Gasteiger partial charge in [0.2, 0.25) is 5.91 Å². The Morgan fingerprint density at radius 2 is 1.91 bits per heavy atom. The van der Waals surface area contributed by atoms with Crippen LogP contribution in [0.15, 0.2) is 29.3 Å². The van der Waals surface area contributed by atoms with Crippen molar-refractivity contribution in [2.45, 2.75) is 33.7 Å². The summed E-state index contributed by atoms with van der Waals surface area (Å²) in [4.78, 5) is 16.0. The summed E-state index contributed by atoms with van der Waals surface area (Å²) >= 11 is 0. The van der Waals surface area contributed by atoms with Crippen molar-refractivity contribution in [1.82, 2.24) is 16.0 Å². The highest BCUT2D eigenvalue weighted by Crippen LogP contribution is 2.17. The fraction of sp³-hybridized carbons (Fsp3) is 0.529. The van der Waals surface area contributed by atoms with E-state index in [4.69, 9.17) is 0 Å². The lowest BCUT2D eigenvalue weighted by Crippen LogP contribution is -2.47. The molecule has 1 unspecified atom stereocenters. The minimum Gasteiger partial charge on any atom is -0.359 e. The zero-order chi connectivity index (χ0) is 16.8. The molecular formula is C17H29IN4O. The zero-order valence-corrected chi connectivity index (χ0v) is 17.2. The molecule has 0 aliphatic rings. The molecule has 0 aromatic heterocycles. The molecule has 3 N–H and O–H groups in total. The van der Waals surface area contributed by atoms with Crippen molar-refractivity contribution < 1.29 is 4.79 Å². The van der Waals surface area contributed by atoms with Gasteiger partial charge in [0.15, 0.2) is 5.96 Å². The van der Waals surface area contributed by atoms with Crippen LogP contribution in [0, 0.1) is 12.3 Å². The molecule has 0 bridgehead atoms. The van der Waals surface area contributed by atoms with Gasteiger partial charge in [0.25, 0.3) is 0 Å². The summed E-state index contributed by atoms with van der Waals surface area (Å²) in [6.45, 7) is 8.50. The summed E-state index contributed by atoms with van der Waals surface area (Å²) in [7, 11) is 3.38. The molecule has 1 amide bonds. The van der Waals surface area contributed by atoms with Crippen molar-refractivity contribution >= 4 is 35.8 Å². The number of rotatable bonds is 5.